The minimum atomic E-state index is -0.106. The molecular weight excluding hydrogens is 324 g/mol. The molecule has 1 fully saturated rings. The molecule has 1 aromatic heterocycles. The molecule has 1 N–H and O–H groups in total. The van der Waals surface area contributed by atoms with Gasteiger partial charge < -0.3 is 10.2 Å². The molecule has 1 aromatic carbocycles. The standard InChI is InChI=1S/C21H26N4O/c1-15-14-16-8-6-7-11-19(16)25(15)20-13-12-18(23-24-20)21(26)22-17-9-4-2-3-5-10-17/h6-8,11-13,15,17H,2-5,9-10,14H2,1H3,(H,22,26). The van der Waals surface area contributed by atoms with E-state index in [0.717, 1.165) is 25.1 Å². The molecule has 1 amide bonds. The zero-order valence-electron chi connectivity index (χ0n) is 15.3. The minimum absolute atomic E-state index is 0.106. The summed E-state index contributed by atoms with van der Waals surface area (Å²) in [5, 5.41) is 11.7. The van der Waals surface area contributed by atoms with Crippen molar-refractivity contribution >= 4 is 17.4 Å². The van der Waals surface area contributed by atoms with Crippen LogP contribution in [0.3, 0.4) is 0 Å². The zero-order chi connectivity index (χ0) is 17.9. The van der Waals surface area contributed by atoms with Gasteiger partial charge in [-0.15, -0.1) is 10.2 Å². The van der Waals surface area contributed by atoms with Crippen molar-refractivity contribution in [1.82, 2.24) is 15.5 Å². The lowest BCUT2D eigenvalue weighted by Crippen LogP contribution is -2.35. The Bertz CT molecular complexity index is 766. The maximum atomic E-state index is 12.5. The molecule has 136 valence electrons. The Labute approximate surface area is 154 Å². The topological polar surface area (TPSA) is 58.1 Å². The molecular formula is C21H26N4O. The number of para-hydroxylation sites is 1. The fourth-order valence-electron chi connectivity index (χ4n) is 4.17. The van der Waals surface area contributed by atoms with Crippen LogP contribution in [0.5, 0.6) is 0 Å². The SMILES string of the molecule is CC1Cc2ccccc2N1c1ccc(C(=O)NC2CCCCCC2)nn1. The third kappa shape index (κ3) is 3.43. The van der Waals surface area contributed by atoms with Gasteiger partial charge in [0.25, 0.3) is 5.91 Å². The molecule has 1 atom stereocenters. The van der Waals surface area contributed by atoms with Crippen molar-refractivity contribution in [3.63, 3.8) is 0 Å². The van der Waals surface area contributed by atoms with E-state index in [1.807, 2.05) is 12.1 Å². The molecule has 4 rings (SSSR count). The quantitative estimate of drug-likeness (QED) is 0.850. The molecule has 2 aliphatic rings. The first-order valence-corrected chi connectivity index (χ1v) is 9.74. The van der Waals surface area contributed by atoms with Crippen molar-refractivity contribution in [3.8, 4) is 0 Å². The fourth-order valence-corrected chi connectivity index (χ4v) is 4.17. The number of anilines is 2. The van der Waals surface area contributed by atoms with Crippen LogP contribution in [0.15, 0.2) is 36.4 Å². The number of carbonyl (C=O) groups is 1. The third-order valence-corrected chi connectivity index (χ3v) is 5.53. The van der Waals surface area contributed by atoms with E-state index in [9.17, 15) is 4.79 Å². The largest absolute Gasteiger partial charge is 0.348 e. The highest BCUT2D eigenvalue weighted by atomic mass is 16.2. The number of fused-ring (bicyclic) bond motifs is 1. The van der Waals surface area contributed by atoms with Gasteiger partial charge in [0.15, 0.2) is 11.5 Å². The average Bonchev–Trinajstić information content (AvgIpc) is 2.81. The number of benzene rings is 1. The van der Waals surface area contributed by atoms with Gasteiger partial charge in [-0.3, -0.25) is 4.79 Å². The Kier molecular flexibility index (Phi) is 4.87. The predicted octanol–water partition coefficient (Wildman–Crippen LogP) is 4.01. The number of amides is 1. The van der Waals surface area contributed by atoms with Crippen molar-refractivity contribution < 1.29 is 4.79 Å². The van der Waals surface area contributed by atoms with Gasteiger partial charge in [-0.25, -0.2) is 0 Å². The van der Waals surface area contributed by atoms with E-state index in [1.165, 1.54) is 36.9 Å². The lowest BCUT2D eigenvalue weighted by atomic mass is 10.1. The molecule has 1 saturated carbocycles. The third-order valence-electron chi connectivity index (χ3n) is 5.53. The summed E-state index contributed by atoms with van der Waals surface area (Å²) in [6, 6.07) is 12.7. The molecule has 1 aliphatic heterocycles. The van der Waals surface area contributed by atoms with Gasteiger partial charge >= 0.3 is 0 Å². The summed E-state index contributed by atoms with van der Waals surface area (Å²) in [5.74, 6) is 0.694. The Morgan fingerprint density at radius 1 is 1.04 bits per heavy atom. The second kappa shape index (κ2) is 7.44. The van der Waals surface area contributed by atoms with Gasteiger partial charge in [-0.2, -0.15) is 0 Å². The lowest BCUT2D eigenvalue weighted by Gasteiger charge is -2.23. The summed E-state index contributed by atoms with van der Waals surface area (Å²) < 4.78 is 0. The van der Waals surface area contributed by atoms with Gasteiger partial charge in [-0.1, -0.05) is 43.9 Å². The monoisotopic (exact) mass is 350 g/mol. The van der Waals surface area contributed by atoms with Crippen LogP contribution in [0.25, 0.3) is 0 Å². The average molecular weight is 350 g/mol. The van der Waals surface area contributed by atoms with Crippen LogP contribution in [0.1, 0.15) is 61.5 Å². The molecule has 26 heavy (non-hydrogen) atoms. The normalized spacial score (nSPS) is 20.5. The van der Waals surface area contributed by atoms with E-state index in [-0.39, 0.29) is 11.9 Å². The smallest absolute Gasteiger partial charge is 0.272 e. The maximum Gasteiger partial charge on any atom is 0.272 e. The Balaban J connectivity index is 1.47. The summed E-state index contributed by atoms with van der Waals surface area (Å²) in [6.07, 6.45) is 8.08. The van der Waals surface area contributed by atoms with Crippen molar-refractivity contribution in [3.05, 3.63) is 47.7 Å². The summed E-state index contributed by atoms with van der Waals surface area (Å²) in [4.78, 5) is 14.7. The van der Waals surface area contributed by atoms with E-state index in [4.69, 9.17) is 0 Å². The molecule has 2 aromatic rings. The molecule has 5 heteroatoms. The van der Waals surface area contributed by atoms with E-state index in [1.54, 1.807) is 6.07 Å². The highest BCUT2D eigenvalue weighted by Gasteiger charge is 2.28. The van der Waals surface area contributed by atoms with Crippen molar-refractivity contribution in [1.29, 1.82) is 0 Å². The van der Waals surface area contributed by atoms with Crippen LogP contribution >= 0.6 is 0 Å². The number of carbonyl (C=O) groups excluding carboxylic acids is 1. The predicted molar refractivity (Wildman–Crippen MR) is 103 cm³/mol. The van der Waals surface area contributed by atoms with E-state index >= 15 is 0 Å². The number of nitrogens with one attached hydrogen (secondary N) is 1. The molecule has 0 bridgehead atoms. The Morgan fingerprint density at radius 2 is 1.81 bits per heavy atom. The Morgan fingerprint density at radius 3 is 2.54 bits per heavy atom. The fraction of sp³-hybridized carbons (Fsp3) is 0.476. The molecule has 0 saturated heterocycles. The van der Waals surface area contributed by atoms with Gasteiger partial charge in [0.05, 0.1) is 0 Å². The van der Waals surface area contributed by atoms with Crippen LogP contribution in [-0.2, 0) is 6.42 Å². The van der Waals surface area contributed by atoms with Crippen LogP contribution in [0, 0.1) is 0 Å². The number of aromatic nitrogens is 2. The van der Waals surface area contributed by atoms with E-state index in [0.29, 0.717) is 11.7 Å². The lowest BCUT2D eigenvalue weighted by molar-refractivity contribution is 0.0927. The number of rotatable bonds is 3. The van der Waals surface area contributed by atoms with Crippen LogP contribution < -0.4 is 10.2 Å². The summed E-state index contributed by atoms with van der Waals surface area (Å²) in [6.45, 7) is 2.19. The minimum Gasteiger partial charge on any atom is -0.348 e. The second-order valence-corrected chi connectivity index (χ2v) is 7.49. The highest BCUT2D eigenvalue weighted by molar-refractivity contribution is 5.92. The van der Waals surface area contributed by atoms with Crippen LogP contribution in [-0.4, -0.2) is 28.2 Å². The highest BCUT2D eigenvalue weighted by Crippen LogP contribution is 2.36. The van der Waals surface area contributed by atoms with Gasteiger partial charge in [-0.05, 0) is 49.9 Å². The molecule has 5 nitrogen and oxygen atoms in total. The van der Waals surface area contributed by atoms with Gasteiger partial charge in [0.2, 0.25) is 0 Å². The first kappa shape index (κ1) is 17.0. The van der Waals surface area contributed by atoms with Crippen molar-refractivity contribution in [2.24, 2.45) is 0 Å². The van der Waals surface area contributed by atoms with Crippen LogP contribution in [0.4, 0.5) is 11.5 Å². The van der Waals surface area contributed by atoms with Gasteiger partial charge in [0, 0.05) is 17.8 Å². The first-order valence-electron chi connectivity index (χ1n) is 9.74. The van der Waals surface area contributed by atoms with Gasteiger partial charge in [0.1, 0.15) is 0 Å². The summed E-state index contributed by atoms with van der Waals surface area (Å²) in [7, 11) is 0. The molecule has 0 radical (unpaired) electrons. The summed E-state index contributed by atoms with van der Waals surface area (Å²) >= 11 is 0. The van der Waals surface area contributed by atoms with Crippen molar-refractivity contribution in [2.75, 3.05) is 4.90 Å². The van der Waals surface area contributed by atoms with Crippen molar-refractivity contribution in [2.45, 2.75) is 64.0 Å². The zero-order valence-corrected chi connectivity index (χ0v) is 15.3. The number of hydrogen-bond acceptors (Lipinski definition) is 4. The number of nitrogens with zero attached hydrogens (tertiary/aromatic N) is 3. The molecule has 0 spiro atoms. The Hall–Kier alpha value is -2.43. The van der Waals surface area contributed by atoms with E-state index < -0.39 is 0 Å². The second-order valence-electron chi connectivity index (χ2n) is 7.49. The molecule has 1 aliphatic carbocycles. The molecule has 1 unspecified atom stereocenters. The first-order chi connectivity index (χ1) is 12.7. The summed E-state index contributed by atoms with van der Waals surface area (Å²) in [5.41, 5.74) is 2.92. The van der Waals surface area contributed by atoms with E-state index in [2.05, 4.69) is 45.5 Å². The molecule has 2 heterocycles. The van der Waals surface area contributed by atoms with Crippen LogP contribution in [0.2, 0.25) is 0 Å². The maximum absolute atomic E-state index is 12.5. The number of hydrogen-bond donors (Lipinski definition) is 1.